The Morgan fingerprint density at radius 3 is 2.79 bits per heavy atom. The van der Waals surface area contributed by atoms with Gasteiger partial charge < -0.3 is 10.1 Å². The summed E-state index contributed by atoms with van der Waals surface area (Å²) in [5.74, 6) is 0. The number of hydrogen-bond donors (Lipinski definition) is 1. The Kier molecular flexibility index (Phi) is 3.10. The third-order valence-corrected chi connectivity index (χ3v) is 3.66. The van der Waals surface area contributed by atoms with Crippen LogP contribution < -0.4 is 5.32 Å². The quantitative estimate of drug-likeness (QED) is 0.727. The third-order valence-electron chi connectivity index (χ3n) is 3.66. The molecule has 82 valence electrons. The molecule has 1 aliphatic carbocycles. The van der Waals surface area contributed by atoms with Crippen molar-refractivity contribution in [2.45, 2.75) is 37.8 Å². The topological polar surface area (TPSA) is 24.5 Å². The maximum atomic E-state index is 5.65. The second-order valence-electron chi connectivity index (χ2n) is 4.83. The number of nitrogens with one attached hydrogen (secondary N) is 1. The highest BCUT2D eigenvalue weighted by Crippen LogP contribution is 2.35. The summed E-state index contributed by atoms with van der Waals surface area (Å²) in [5, 5.41) is 3.47. The molecule has 14 heavy (non-hydrogen) atoms. The number of ether oxygens (including phenoxy) is 1. The van der Waals surface area contributed by atoms with Crippen LogP contribution in [-0.2, 0) is 4.74 Å². The SMILES string of the molecule is COC1(CN2CCNC(C)C2)CCC1. The van der Waals surface area contributed by atoms with E-state index in [9.17, 15) is 0 Å². The van der Waals surface area contributed by atoms with Gasteiger partial charge in [0.15, 0.2) is 0 Å². The molecule has 1 saturated carbocycles. The van der Waals surface area contributed by atoms with E-state index in [0.717, 1.165) is 13.1 Å². The van der Waals surface area contributed by atoms with Gasteiger partial charge in [-0.3, -0.25) is 4.90 Å². The highest BCUT2D eigenvalue weighted by molar-refractivity contribution is 4.93. The largest absolute Gasteiger partial charge is 0.377 e. The van der Waals surface area contributed by atoms with Crippen LogP contribution in [0.3, 0.4) is 0 Å². The van der Waals surface area contributed by atoms with Gasteiger partial charge in [-0.1, -0.05) is 0 Å². The van der Waals surface area contributed by atoms with Gasteiger partial charge in [0, 0.05) is 39.3 Å². The van der Waals surface area contributed by atoms with Crippen LogP contribution in [0, 0.1) is 0 Å². The van der Waals surface area contributed by atoms with Gasteiger partial charge in [-0.15, -0.1) is 0 Å². The van der Waals surface area contributed by atoms with Gasteiger partial charge >= 0.3 is 0 Å². The van der Waals surface area contributed by atoms with Gasteiger partial charge in [-0.05, 0) is 26.2 Å². The molecule has 1 saturated heterocycles. The number of methoxy groups -OCH3 is 1. The maximum absolute atomic E-state index is 5.65. The minimum Gasteiger partial charge on any atom is -0.377 e. The highest BCUT2D eigenvalue weighted by Gasteiger charge is 2.39. The van der Waals surface area contributed by atoms with E-state index in [0.29, 0.717) is 6.04 Å². The summed E-state index contributed by atoms with van der Waals surface area (Å²) < 4.78 is 5.65. The van der Waals surface area contributed by atoms with Gasteiger partial charge in [0.1, 0.15) is 0 Å². The summed E-state index contributed by atoms with van der Waals surface area (Å²) in [4.78, 5) is 2.55. The Balaban J connectivity index is 1.83. The maximum Gasteiger partial charge on any atom is 0.0805 e. The molecule has 1 N–H and O–H groups in total. The Labute approximate surface area is 86.8 Å². The normalized spacial score (nSPS) is 32.6. The van der Waals surface area contributed by atoms with E-state index in [1.807, 2.05) is 7.11 Å². The molecule has 0 aromatic heterocycles. The van der Waals surface area contributed by atoms with E-state index >= 15 is 0 Å². The molecule has 0 aromatic carbocycles. The molecule has 2 aliphatic rings. The average molecular weight is 198 g/mol. The second kappa shape index (κ2) is 4.17. The summed E-state index contributed by atoms with van der Waals surface area (Å²) in [6.07, 6.45) is 3.85. The van der Waals surface area contributed by atoms with Gasteiger partial charge in [-0.25, -0.2) is 0 Å². The van der Waals surface area contributed by atoms with E-state index in [-0.39, 0.29) is 5.60 Å². The van der Waals surface area contributed by atoms with Gasteiger partial charge in [0.2, 0.25) is 0 Å². The Bertz CT molecular complexity index is 186. The molecule has 3 nitrogen and oxygen atoms in total. The first-order valence-electron chi connectivity index (χ1n) is 5.75. The van der Waals surface area contributed by atoms with Crippen LogP contribution in [0.4, 0.5) is 0 Å². The molecule has 3 heteroatoms. The van der Waals surface area contributed by atoms with E-state index in [1.54, 1.807) is 0 Å². The van der Waals surface area contributed by atoms with Gasteiger partial charge in [0.05, 0.1) is 5.60 Å². The lowest BCUT2D eigenvalue weighted by atomic mass is 9.79. The Morgan fingerprint density at radius 2 is 2.29 bits per heavy atom. The predicted molar refractivity (Wildman–Crippen MR) is 57.5 cm³/mol. The molecule has 0 amide bonds. The zero-order chi connectivity index (χ0) is 10.0. The first kappa shape index (κ1) is 10.4. The zero-order valence-corrected chi connectivity index (χ0v) is 9.38. The first-order chi connectivity index (χ1) is 6.74. The van der Waals surface area contributed by atoms with Crippen molar-refractivity contribution in [3.63, 3.8) is 0 Å². The molecule has 0 aromatic rings. The predicted octanol–water partition coefficient (Wildman–Crippen LogP) is 0.849. The van der Waals surface area contributed by atoms with E-state index in [2.05, 4.69) is 17.1 Å². The van der Waals surface area contributed by atoms with Crippen molar-refractivity contribution in [3.8, 4) is 0 Å². The molecular formula is C11H22N2O. The summed E-state index contributed by atoms with van der Waals surface area (Å²) in [5.41, 5.74) is 0.205. The Hall–Kier alpha value is -0.120. The number of nitrogens with zero attached hydrogens (tertiary/aromatic N) is 1. The van der Waals surface area contributed by atoms with E-state index in [1.165, 1.54) is 32.4 Å². The summed E-state index contributed by atoms with van der Waals surface area (Å²) in [6.45, 7) is 6.86. The lowest BCUT2D eigenvalue weighted by Crippen LogP contribution is -2.56. The molecule has 1 unspecified atom stereocenters. The van der Waals surface area contributed by atoms with Crippen LogP contribution in [0.15, 0.2) is 0 Å². The fraction of sp³-hybridized carbons (Fsp3) is 1.00. The lowest BCUT2D eigenvalue weighted by molar-refractivity contribution is -0.0939. The molecule has 0 radical (unpaired) electrons. The van der Waals surface area contributed by atoms with Crippen LogP contribution in [0.1, 0.15) is 26.2 Å². The van der Waals surface area contributed by atoms with Crippen molar-refractivity contribution in [1.29, 1.82) is 0 Å². The average Bonchev–Trinajstić information content (AvgIpc) is 2.11. The smallest absolute Gasteiger partial charge is 0.0805 e. The molecule has 0 bridgehead atoms. The van der Waals surface area contributed by atoms with Gasteiger partial charge in [0.25, 0.3) is 0 Å². The third kappa shape index (κ3) is 2.10. The summed E-state index contributed by atoms with van der Waals surface area (Å²) >= 11 is 0. The number of hydrogen-bond acceptors (Lipinski definition) is 3. The van der Waals surface area contributed by atoms with Crippen LogP contribution >= 0.6 is 0 Å². The minimum absolute atomic E-state index is 0.205. The van der Waals surface area contributed by atoms with E-state index in [4.69, 9.17) is 4.74 Å². The first-order valence-corrected chi connectivity index (χ1v) is 5.75. The van der Waals surface area contributed by atoms with Crippen molar-refractivity contribution in [3.05, 3.63) is 0 Å². The van der Waals surface area contributed by atoms with Crippen LogP contribution in [0.5, 0.6) is 0 Å². The molecule has 2 fully saturated rings. The van der Waals surface area contributed by atoms with E-state index < -0.39 is 0 Å². The van der Waals surface area contributed by atoms with Crippen molar-refractivity contribution >= 4 is 0 Å². The van der Waals surface area contributed by atoms with Crippen molar-refractivity contribution in [2.24, 2.45) is 0 Å². The highest BCUT2D eigenvalue weighted by atomic mass is 16.5. The van der Waals surface area contributed by atoms with Crippen molar-refractivity contribution in [2.75, 3.05) is 33.3 Å². The zero-order valence-electron chi connectivity index (χ0n) is 9.38. The fourth-order valence-corrected chi connectivity index (χ4v) is 2.56. The van der Waals surface area contributed by atoms with Crippen molar-refractivity contribution in [1.82, 2.24) is 10.2 Å². The monoisotopic (exact) mass is 198 g/mol. The van der Waals surface area contributed by atoms with Crippen LogP contribution in [0.2, 0.25) is 0 Å². The molecule has 2 rings (SSSR count). The number of rotatable bonds is 3. The fourth-order valence-electron chi connectivity index (χ4n) is 2.56. The molecule has 0 spiro atoms. The molecule has 1 heterocycles. The standard InChI is InChI=1S/C11H22N2O/c1-10-8-13(7-6-12-10)9-11(14-2)4-3-5-11/h10,12H,3-9H2,1-2H3. The van der Waals surface area contributed by atoms with Crippen molar-refractivity contribution < 1.29 is 4.74 Å². The summed E-state index contributed by atoms with van der Waals surface area (Å²) in [7, 11) is 1.87. The minimum atomic E-state index is 0.205. The molecular weight excluding hydrogens is 176 g/mol. The van der Waals surface area contributed by atoms with Crippen LogP contribution in [-0.4, -0.2) is 49.8 Å². The lowest BCUT2D eigenvalue weighted by Gasteiger charge is -2.45. The number of piperazine rings is 1. The second-order valence-corrected chi connectivity index (χ2v) is 4.83. The molecule has 1 aliphatic heterocycles. The van der Waals surface area contributed by atoms with Crippen LogP contribution in [0.25, 0.3) is 0 Å². The van der Waals surface area contributed by atoms with Gasteiger partial charge in [-0.2, -0.15) is 0 Å². The summed E-state index contributed by atoms with van der Waals surface area (Å²) in [6, 6.07) is 0.637. The molecule has 1 atom stereocenters. The Morgan fingerprint density at radius 1 is 1.50 bits per heavy atom.